The summed E-state index contributed by atoms with van der Waals surface area (Å²) in [5.41, 5.74) is 1.81. The van der Waals surface area contributed by atoms with Crippen LogP contribution in [0.1, 0.15) is 56.9 Å². The van der Waals surface area contributed by atoms with E-state index in [1.807, 2.05) is 0 Å². The molecule has 0 bridgehead atoms. The maximum Gasteiger partial charge on any atom is 0.0774 e. The monoisotopic (exact) mass is 342 g/mol. The summed E-state index contributed by atoms with van der Waals surface area (Å²) in [4.78, 5) is 5.02. The molecule has 1 aromatic carbocycles. The zero-order chi connectivity index (χ0) is 17.5. The number of benzene rings is 1. The highest BCUT2D eigenvalue weighted by Crippen LogP contribution is 2.52. The molecule has 2 saturated carbocycles. The number of hydrogen-bond donors (Lipinski definition) is 1. The van der Waals surface area contributed by atoms with Crippen LogP contribution in [-0.2, 0) is 5.54 Å². The van der Waals surface area contributed by atoms with Crippen molar-refractivity contribution >= 4 is 0 Å². The third-order valence-corrected chi connectivity index (χ3v) is 7.62. The van der Waals surface area contributed by atoms with Crippen molar-refractivity contribution in [3.05, 3.63) is 35.9 Å². The molecule has 0 atom stereocenters. The molecule has 138 valence electrons. The van der Waals surface area contributed by atoms with Crippen LogP contribution >= 0.6 is 0 Å². The van der Waals surface area contributed by atoms with E-state index in [-0.39, 0.29) is 11.1 Å². The normalized spacial score (nSPS) is 35.2. The van der Waals surface area contributed by atoms with Crippen molar-refractivity contribution in [2.45, 2.75) is 62.5 Å². The van der Waals surface area contributed by atoms with Crippen LogP contribution in [0, 0.1) is 5.41 Å². The van der Waals surface area contributed by atoms with E-state index in [9.17, 15) is 5.11 Å². The van der Waals surface area contributed by atoms with Gasteiger partial charge in [0.1, 0.15) is 0 Å². The molecule has 1 spiro atoms. The van der Waals surface area contributed by atoms with E-state index in [2.05, 4.69) is 54.2 Å². The van der Waals surface area contributed by atoms with Crippen LogP contribution in [-0.4, -0.2) is 54.2 Å². The summed E-state index contributed by atoms with van der Waals surface area (Å²) in [6, 6.07) is 11.1. The van der Waals surface area contributed by atoms with Crippen molar-refractivity contribution in [2.75, 3.05) is 33.7 Å². The molecule has 1 heterocycles. The third-order valence-electron chi connectivity index (χ3n) is 7.62. The van der Waals surface area contributed by atoms with Gasteiger partial charge in [-0.05, 0) is 83.0 Å². The predicted octanol–water partition coefficient (Wildman–Crippen LogP) is 3.62. The number of likely N-dealkylation sites (tertiary alicyclic amines) is 1. The van der Waals surface area contributed by atoms with Crippen molar-refractivity contribution in [1.82, 2.24) is 9.80 Å². The Hall–Kier alpha value is -0.900. The summed E-state index contributed by atoms with van der Waals surface area (Å²) in [7, 11) is 4.50. The maximum atomic E-state index is 10.5. The Bertz CT molecular complexity index is 585. The topological polar surface area (TPSA) is 26.7 Å². The molecular formula is C22H34N2O. The van der Waals surface area contributed by atoms with Gasteiger partial charge in [-0.15, -0.1) is 0 Å². The first kappa shape index (κ1) is 17.5. The number of β-amino-alcohol motifs (C(OH)–C–C–N with tert-alkyl or cyclic N) is 1. The molecular weight excluding hydrogens is 308 g/mol. The van der Waals surface area contributed by atoms with Crippen LogP contribution in [0.4, 0.5) is 0 Å². The van der Waals surface area contributed by atoms with Crippen molar-refractivity contribution in [2.24, 2.45) is 5.41 Å². The van der Waals surface area contributed by atoms with E-state index in [4.69, 9.17) is 0 Å². The Morgan fingerprint density at radius 1 is 0.960 bits per heavy atom. The van der Waals surface area contributed by atoms with Crippen molar-refractivity contribution in [1.29, 1.82) is 0 Å². The van der Waals surface area contributed by atoms with E-state index in [0.717, 1.165) is 19.4 Å². The average Bonchev–Trinajstić information content (AvgIpc) is 2.97. The Balaban J connectivity index is 1.43. The van der Waals surface area contributed by atoms with E-state index in [0.29, 0.717) is 5.41 Å². The van der Waals surface area contributed by atoms with Crippen LogP contribution in [0.15, 0.2) is 30.3 Å². The van der Waals surface area contributed by atoms with Gasteiger partial charge in [0.2, 0.25) is 0 Å². The molecule has 1 aromatic rings. The molecule has 0 aromatic heterocycles. The number of hydrogen-bond acceptors (Lipinski definition) is 3. The highest BCUT2D eigenvalue weighted by Gasteiger charge is 2.48. The van der Waals surface area contributed by atoms with Gasteiger partial charge in [-0.1, -0.05) is 30.3 Å². The van der Waals surface area contributed by atoms with Gasteiger partial charge in [0.15, 0.2) is 0 Å². The largest absolute Gasteiger partial charge is 0.389 e. The van der Waals surface area contributed by atoms with Crippen LogP contribution in [0.25, 0.3) is 0 Å². The maximum absolute atomic E-state index is 10.5. The van der Waals surface area contributed by atoms with E-state index in [1.54, 1.807) is 0 Å². The van der Waals surface area contributed by atoms with Crippen molar-refractivity contribution in [3.8, 4) is 0 Å². The Morgan fingerprint density at radius 2 is 1.64 bits per heavy atom. The van der Waals surface area contributed by atoms with Gasteiger partial charge in [-0.25, -0.2) is 0 Å². The molecule has 4 rings (SSSR count). The first-order valence-electron chi connectivity index (χ1n) is 10.1. The Kier molecular flexibility index (Phi) is 4.46. The molecule has 0 radical (unpaired) electrons. The van der Waals surface area contributed by atoms with Crippen LogP contribution < -0.4 is 0 Å². The van der Waals surface area contributed by atoms with Gasteiger partial charge in [0.05, 0.1) is 5.60 Å². The molecule has 0 amide bonds. The number of nitrogens with zero attached hydrogens (tertiary/aromatic N) is 2. The minimum Gasteiger partial charge on any atom is -0.389 e. The summed E-state index contributed by atoms with van der Waals surface area (Å²) >= 11 is 0. The van der Waals surface area contributed by atoms with Crippen LogP contribution in [0.3, 0.4) is 0 Å². The zero-order valence-corrected chi connectivity index (χ0v) is 16.0. The molecule has 25 heavy (non-hydrogen) atoms. The van der Waals surface area contributed by atoms with Crippen LogP contribution in [0.5, 0.6) is 0 Å². The lowest BCUT2D eigenvalue weighted by Crippen LogP contribution is -2.49. The molecule has 3 heteroatoms. The summed E-state index contributed by atoms with van der Waals surface area (Å²) in [5.74, 6) is 0. The van der Waals surface area contributed by atoms with E-state index in [1.165, 1.54) is 57.2 Å². The minimum absolute atomic E-state index is 0.200. The fourth-order valence-electron chi connectivity index (χ4n) is 5.67. The SMILES string of the molecule is CN(C)C1(c2ccccc2)CCC2(CCN(CC3(O)CCC3)C2)CC1. The third kappa shape index (κ3) is 3.15. The van der Waals surface area contributed by atoms with Gasteiger partial charge in [0.25, 0.3) is 0 Å². The predicted molar refractivity (Wildman–Crippen MR) is 103 cm³/mol. The van der Waals surface area contributed by atoms with Gasteiger partial charge < -0.3 is 5.11 Å². The molecule has 3 nitrogen and oxygen atoms in total. The summed E-state index contributed by atoms with van der Waals surface area (Å²) in [5, 5.41) is 10.5. The smallest absolute Gasteiger partial charge is 0.0774 e. The molecule has 1 N–H and O–H groups in total. The zero-order valence-electron chi connectivity index (χ0n) is 16.0. The molecule has 2 aliphatic carbocycles. The lowest BCUT2D eigenvalue weighted by Gasteiger charge is -2.49. The summed E-state index contributed by atoms with van der Waals surface area (Å²) in [6.45, 7) is 3.29. The van der Waals surface area contributed by atoms with Gasteiger partial charge >= 0.3 is 0 Å². The molecule has 0 unspecified atom stereocenters. The fourth-order valence-corrected chi connectivity index (χ4v) is 5.67. The van der Waals surface area contributed by atoms with Gasteiger partial charge in [-0.3, -0.25) is 9.80 Å². The Labute approximate surface area is 153 Å². The van der Waals surface area contributed by atoms with Crippen molar-refractivity contribution in [3.63, 3.8) is 0 Å². The quantitative estimate of drug-likeness (QED) is 0.905. The molecule has 1 aliphatic heterocycles. The second kappa shape index (κ2) is 6.37. The Morgan fingerprint density at radius 3 is 2.20 bits per heavy atom. The second-order valence-electron chi connectivity index (χ2n) is 9.33. The lowest BCUT2D eigenvalue weighted by molar-refractivity contribution is -0.0579. The minimum atomic E-state index is -0.363. The van der Waals surface area contributed by atoms with E-state index >= 15 is 0 Å². The number of aliphatic hydroxyl groups is 1. The molecule has 1 saturated heterocycles. The standard InChI is InChI=1S/C22H34N2O/c1-23(2)22(19-7-4-3-5-8-19)13-11-20(12-14-22)15-16-24(17-20)18-21(25)9-6-10-21/h3-5,7-8,25H,6,9-18H2,1-2H3. The molecule has 3 fully saturated rings. The second-order valence-corrected chi connectivity index (χ2v) is 9.33. The fraction of sp³-hybridized carbons (Fsp3) is 0.727. The highest BCUT2D eigenvalue weighted by molar-refractivity contribution is 5.26. The van der Waals surface area contributed by atoms with Crippen LogP contribution in [0.2, 0.25) is 0 Å². The summed E-state index contributed by atoms with van der Waals surface area (Å²) in [6.07, 6.45) is 9.68. The molecule has 3 aliphatic rings. The first-order chi connectivity index (χ1) is 12.0. The first-order valence-corrected chi connectivity index (χ1v) is 10.1. The van der Waals surface area contributed by atoms with Gasteiger partial charge in [0, 0.05) is 18.6 Å². The number of rotatable bonds is 4. The average molecular weight is 343 g/mol. The lowest BCUT2D eigenvalue weighted by atomic mass is 9.64. The van der Waals surface area contributed by atoms with E-state index < -0.39 is 0 Å². The highest BCUT2D eigenvalue weighted by atomic mass is 16.3. The van der Waals surface area contributed by atoms with Gasteiger partial charge in [-0.2, -0.15) is 0 Å². The summed E-state index contributed by atoms with van der Waals surface area (Å²) < 4.78 is 0. The van der Waals surface area contributed by atoms with Crippen molar-refractivity contribution < 1.29 is 5.11 Å².